The molecule has 1 unspecified atom stereocenters. The predicted molar refractivity (Wildman–Crippen MR) is 118 cm³/mol. The summed E-state index contributed by atoms with van der Waals surface area (Å²) >= 11 is 0. The van der Waals surface area contributed by atoms with Gasteiger partial charge in [0.05, 0.1) is 18.2 Å². The molecular weight excluding hydrogens is 488 g/mol. The number of nitriles is 1. The summed E-state index contributed by atoms with van der Waals surface area (Å²) < 4.78 is 19.6. The Labute approximate surface area is 187 Å². The molecule has 0 aromatic heterocycles. The summed E-state index contributed by atoms with van der Waals surface area (Å²) in [5.41, 5.74) is 0.741. The van der Waals surface area contributed by atoms with E-state index in [0.29, 0.717) is 56.4 Å². The van der Waals surface area contributed by atoms with Gasteiger partial charge in [-0.15, -0.1) is 24.0 Å². The average molecular weight is 515 g/mol. The number of nitrogens with one attached hydrogen (secondary N) is 1. The minimum Gasteiger partial charge on any atom is -0.368 e. The van der Waals surface area contributed by atoms with E-state index in [4.69, 9.17) is 10.00 Å². The molecule has 2 aliphatic rings. The SMILES string of the molecule is CCNC(=NCc1ccc(C#N)cc1F)N1CCN(C(=O)C2CCCO2)CC1.I. The molecule has 1 atom stereocenters. The van der Waals surface area contributed by atoms with E-state index in [1.807, 2.05) is 17.9 Å². The zero-order valence-corrected chi connectivity index (χ0v) is 18.9. The molecule has 2 aliphatic heterocycles. The van der Waals surface area contributed by atoms with Gasteiger partial charge in [-0.25, -0.2) is 9.38 Å². The lowest BCUT2D eigenvalue weighted by Gasteiger charge is -2.37. The first-order chi connectivity index (χ1) is 13.6. The summed E-state index contributed by atoms with van der Waals surface area (Å²) in [5.74, 6) is 0.361. The highest BCUT2D eigenvalue weighted by Crippen LogP contribution is 2.16. The van der Waals surface area contributed by atoms with Crippen LogP contribution >= 0.6 is 24.0 Å². The van der Waals surface area contributed by atoms with E-state index in [1.165, 1.54) is 6.07 Å². The van der Waals surface area contributed by atoms with Gasteiger partial charge in [0, 0.05) is 44.9 Å². The molecule has 2 heterocycles. The van der Waals surface area contributed by atoms with Gasteiger partial charge >= 0.3 is 0 Å². The van der Waals surface area contributed by atoms with E-state index in [0.717, 1.165) is 12.8 Å². The zero-order valence-electron chi connectivity index (χ0n) is 16.6. The minimum absolute atomic E-state index is 0. The van der Waals surface area contributed by atoms with E-state index >= 15 is 0 Å². The molecule has 0 aliphatic carbocycles. The molecule has 2 fully saturated rings. The van der Waals surface area contributed by atoms with Gasteiger partial charge in [0.15, 0.2) is 5.96 Å². The van der Waals surface area contributed by atoms with Crippen molar-refractivity contribution >= 4 is 35.8 Å². The number of piperazine rings is 1. The number of guanidine groups is 1. The van der Waals surface area contributed by atoms with Crippen LogP contribution in [0.15, 0.2) is 23.2 Å². The Hall–Kier alpha value is -1.93. The second kappa shape index (κ2) is 11.3. The number of carbonyl (C=O) groups is 1. The van der Waals surface area contributed by atoms with E-state index in [2.05, 4.69) is 15.2 Å². The molecular formula is C20H27FIN5O2. The van der Waals surface area contributed by atoms with Crippen LogP contribution in [0.25, 0.3) is 0 Å². The number of amides is 1. The van der Waals surface area contributed by atoms with Crippen LogP contribution in [-0.4, -0.2) is 67.1 Å². The third kappa shape index (κ3) is 6.02. The van der Waals surface area contributed by atoms with Crippen molar-refractivity contribution in [1.82, 2.24) is 15.1 Å². The van der Waals surface area contributed by atoms with Gasteiger partial charge in [0.2, 0.25) is 0 Å². The molecule has 3 rings (SSSR count). The maximum absolute atomic E-state index is 14.1. The Balaban J connectivity index is 0.00000300. The smallest absolute Gasteiger partial charge is 0.251 e. The van der Waals surface area contributed by atoms with Crippen LogP contribution in [0.1, 0.15) is 30.9 Å². The summed E-state index contributed by atoms with van der Waals surface area (Å²) in [6, 6.07) is 6.35. The van der Waals surface area contributed by atoms with Crippen molar-refractivity contribution in [2.45, 2.75) is 32.4 Å². The number of aliphatic imine (C=N–C) groups is 1. The fourth-order valence-electron chi connectivity index (χ4n) is 3.45. The van der Waals surface area contributed by atoms with Crippen LogP contribution in [0.4, 0.5) is 4.39 Å². The topological polar surface area (TPSA) is 81.0 Å². The van der Waals surface area contributed by atoms with Crippen molar-refractivity contribution in [1.29, 1.82) is 5.26 Å². The minimum atomic E-state index is -0.425. The molecule has 1 N–H and O–H groups in total. The van der Waals surface area contributed by atoms with Gasteiger partial charge in [0.25, 0.3) is 5.91 Å². The van der Waals surface area contributed by atoms with Gasteiger partial charge in [-0.3, -0.25) is 4.79 Å². The molecule has 29 heavy (non-hydrogen) atoms. The summed E-state index contributed by atoms with van der Waals surface area (Å²) in [6.45, 7) is 6.11. The normalized spacial score (nSPS) is 19.5. The van der Waals surface area contributed by atoms with Gasteiger partial charge in [0.1, 0.15) is 11.9 Å². The third-order valence-corrected chi connectivity index (χ3v) is 5.01. The molecule has 0 bridgehead atoms. The van der Waals surface area contributed by atoms with E-state index < -0.39 is 5.82 Å². The first kappa shape index (κ1) is 23.3. The highest BCUT2D eigenvalue weighted by atomic mass is 127. The highest BCUT2D eigenvalue weighted by molar-refractivity contribution is 14.0. The predicted octanol–water partition coefficient (Wildman–Crippen LogP) is 2.10. The van der Waals surface area contributed by atoms with Crippen molar-refractivity contribution in [3.05, 3.63) is 35.1 Å². The lowest BCUT2D eigenvalue weighted by molar-refractivity contribution is -0.142. The summed E-state index contributed by atoms with van der Waals surface area (Å²) in [4.78, 5) is 21.0. The number of nitrogens with zero attached hydrogens (tertiary/aromatic N) is 4. The van der Waals surface area contributed by atoms with Gasteiger partial charge < -0.3 is 19.9 Å². The average Bonchev–Trinajstić information content (AvgIpc) is 3.26. The number of hydrogen-bond donors (Lipinski definition) is 1. The van der Waals surface area contributed by atoms with E-state index in [9.17, 15) is 9.18 Å². The third-order valence-electron chi connectivity index (χ3n) is 5.01. The van der Waals surface area contributed by atoms with Crippen LogP contribution in [0.2, 0.25) is 0 Å². The first-order valence-electron chi connectivity index (χ1n) is 9.74. The Kier molecular flexibility index (Phi) is 9.10. The maximum Gasteiger partial charge on any atom is 0.251 e. The lowest BCUT2D eigenvalue weighted by atomic mass is 10.1. The molecule has 1 aromatic carbocycles. The largest absolute Gasteiger partial charge is 0.368 e. The van der Waals surface area contributed by atoms with Crippen LogP contribution in [0.5, 0.6) is 0 Å². The number of halogens is 2. The summed E-state index contributed by atoms with van der Waals surface area (Å²) in [6.07, 6.45) is 1.46. The van der Waals surface area contributed by atoms with E-state index in [-0.39, 0.29) is 42.5 Å². The molecule has 1 amide bonds. The Bertz CT molecular complexity index is 769. The molecule has 2 saturated heterocycles. The standard InChI is InChI=1S/C20H26FN5O2.HI/c1-2-23-20(24-14-16-6-5-15(13-22)12-17(16)21)26-9-7-25(8-10-26)19(27)18-4-3-11-28-18;/h5-6,12,18H,2-4,7-11,14H2,1H3,(H,23,24);1H. The van der Waals surface area contributed by atoms with Crippen molar-refractivity contribution in [3.8, 4) is 6.07 Å². The summed E-state index contributed by atoms with van der Waals surface area (Å²) in [5, 5.41) is 12.1. The Morgan fingerprint density at radius 3 is 2.66 bits per heavy atom. The van der Waals surface area contributed by atoms with Crippen molar-refractivity contribution < 1.29 is 13.9 Å². The van der Waals surface area contributed by atoms with Crippen molar-refractivity contribution in [3.63, 3.8) is 0 Å². The Morgan fingerprint density at radius 2 is 2.07 bits per heavy atom. The number of hydrogen-bond acceptors (Lipinski definition) is 4. The van der Waals surface area contributed by atoms with Crippen LogP contribution in [0, 0.1) is 17.1 Å². The number of rotatable bonds is 4. The molecule has 0 spiro atoms. The van der Waals surface area contributed by atoms with Gasteiger partial charge in [-0.05, 0) is 31.9 Å². The molecule has 0 saturated carbocycles. The second-order valence-corrected chi connectivity index (χ2v) is 6.90. The quantitative estimate of drug-likeness (QED) is 0.378. The van der Waals surface area contributed by atoms with Crippen LogP contribution < -0.4 is 5.32 Å². The number of benzene rings is 1. The lowest BCUT2D eigenvalue weighted by Crippen LogP contribution is -2.55. The maximum atomic E-state index is 14.1. The monoisotopic (exact) mass is 515 g/mol. The fourth-order valence-corrected chi connectivity index (χ4v) is 3.45. The molecule has 0 radical (unpaired) electrons. The van der Waals surface area contributed by atoms with E-state index in [1.54, 1.807) is 12.1 Å². The second-order valence-electron chi connectivity index (χ2n) is 6.90. The molecule has 9 heteroatoms. The number of carbonyl (C=O) groups excluding carboxylic acids is 1. The summed E-state index contributed by atoms with van der Waals surface area (Å²) in [7, 11) is 0. The van der Waals surface area contributed by atoms with Gasteiger partial charge in [-0.1, -0.05) is 6.07 Å². The zero-order chi connectivity index (χ0) is 19.9. The van der Waals surface area contributed by atoms with Crippen molar-refractivity contribution in [2.24, 2.45) is 4.99 Å². The molecule has 158 valence electrons. The van der Waals surface area contributed by atoms with Gasteiger partial charge in [-0.2, -0.15) is 5.26 Å². The molecule has 7 nitrogen and oxygen atoms in total. The molecule has 1 aromatic rings. The van der Waals surface area contributed by atoms with Crippen LogP contribution in [-0.2, 0) is 16.1 Å². The van der Waals surface area contributed by atoms with Crippen LogP contribution in [0.3, 0.4) is 0 Å². The number of ether oxygens (including phenoxy) is 1. The first-order valence-corrected chi connectivity index (χ1v) is 9.74. The Morgan fingerprint density at radius 1 is 1.34 bits per heavy atom. The highest BCUT2D eigenvalue weighted by Gasteiger charge is 2.30. The van der Waals surface area contributed by atoms with Crippen molar-refractivity contribution in [2.75, 3.05) is 39.3 Å². The fraction of sp³-hybridized carbons (Fsp3) is 0.550.